The minimum atomic E-state index is -4.33. The van der Waals surface area contributed by atoms with Crippen molar-refractivity contribution >= 4 is 21.6 Å². The fourth-order valence-electron chi connectivity index (χ4n) is 4.22. The highest BCUT2D eigenvalue weighted by molar-refractivity contribution is 7.89. The summed E-state index contributed by atoms with van der Waals surface area (Å²) in [5, 5.41) is 45.3. The molecule has 3 aromatic carbocycles. The number of carbonyl (C=O) groups is 1. The van der Waals surface area contributed by atoms with Gasteiger partial charge in [0, 0.05) is 30.8 Å². The van der Waals surface area contributed by atoms with E-state index in [1.54, 1.807) is 30.3 Å². The van der Waals surface area contributed by atoms with E-state index in [0.29, 0.717) is 0 Å². The number of aliphatic hydroxyl groups excluding tert-OH is 2. The summed E-state index contributed by atoms with van der Waals surface area (Å²) >= 11 is 0. The van der Waals surface area contributed by atoms with Crippen LogP contribution in [-0.2, 0) is 16.4 Å². The summed E-state index contributed by atoms with van der Waals surface area (Å²) in [5.41, 5.74) is 0.485. The number of carbonyl (C=O) groups excluding carboxylic acids is 1. The van der Waals surface area contributed by atoms with Crippen molar-refractivity contribution in [3.8, 4) is 17.2 Å². The molecule has 13 nitrogen and oxygen atoms in total. The third-order valence-corrected chi connectivity index (χ3v) is 8.21. The van der Waals surface area contributed by atoms with E-state index in [9.17, 15) is 38.6 Å². The highest BCUT2D eigenvalue weighted by Gasteiger charge is 2.32. The molecule has 0 fully saturated rings. The fraction of sp³-hybridized carbons (Fsp3) is 0.321. The number of non-ortho nitro benzene ring substituents is 1. The maximum absolute atomic E-state index is 13.5. The summed E-state index contributed by atoms with van der Waals surface area (Å²) in [5.74, 6) is -0.997. The van der Waals surface area contributed by atoms with Crippen LogP contribution in [0, 0.1) is 10.1 Å². The van der Waals surface area contributed by atoms with Gasteiger partial charge in [0.1, 0.15) is 0 Å². The van der Waals surface area contributed by atoms with E-state index in [2.05, 4.69) is 5.32 Å². The number of nitrogens with one attached hydrogen (secondary N) is 1. The van der Waals surface area contributed by atoms with Gasteiger partial charge in [0.05, 0.1) is 42.3 Å². The lowest BCUT2D eigenvalue weighted by atomic mass is 10.00. The number of aromatic hydroxyl groups is 1. The zero-order valence-corrected chi connectivity index (χ0v) is 24.0. The molecule has 0 bridgehead atoms. The van der Waals surface area contributed by atoms with Gasteiger partial charge in [-0.3, -0.25) is 14.9 Å². The van der Waals surface area contributed by atoms with Gasteiger partial charge in [-0.15, -0.1) is 0 Å². The quantitative estimate of drug-likeness (QED) is 0.157. The van der Waals surface area contributed by atoms with Crippen LogP contribution < -0.4 is 14.8 Å². The Hall–Kier alpha value is -4.24. The molecule has 3 atom stereocenters. The number of sulfonamides is 1. The fourth-order valence-corrected chi connectivity index (χ4v) is 5.76. The van der Waals surface area contributed by atoms with Gasteiger partial charge in [-0.1, -0.05) is 30.3 Å². The SMILES string of the molecule is COc1cc(C(=O)N[C@@H](Cc2ccccc2)[C@H](O)CN(C[C@H](C)O)S(=O)(=O)c2ccc([N+](=O)[O-])cc2)cc(OC)c1O. The highest BCUT2D eigenvalue weighted by Crippen LogP contribution is 2.37. The highest BCUT2D eigenvalue weighted by atomic mass is 32.2. The number of phenolic OH excluding ortho intramolecular Hbond substituents is 1. The van der Waals surface area contributed by atoms with Gasteiger partial charge in [-0.05, 0) is 43.2 Å². The normalized spacial score (nSPS) is 13.7. The van der Waals surface area contributed by atoms with Crippen molar-refractivity contribution < 1.29 is 42.9 Å². The molecule has 0 unspecified atom stereocenters. The third kappa shape index (κ3) is 7.94. The Labute approximate surface area is 243 Å². The Bertz CT molecular complexity index is 1460. The van der Waals surface area contributed by atoms with Crippen LogP contribution in [0.1, 0.15) is 22.8 Å². The molecule has 14 heteroatoms. The first-order chi connectivity index (χ1) is 19.9. The predicted molar refractivity (Wildman–Crippen MR) is 152 cm³/mol. The van der Waals surface area contributed by atoms with Crippen LogP contribution in [0.15, 0.2) is 71.6 Å². The number of benzene rings is 3. The molecule has 3 rings (SSSR count). The van der Waals surface area contributed by atoms with E-state index < -0.39 is 52.2 Å². The molecule has 4 N–H and O–H groups in total. The number of nitro benzene ring substituents is 1. The molecule has 0 spiro atoms. The van der Waals surface area contributed by atoms with E-state index in [1.807, 2.05) is 0 Å². The second-order valence-corrected chi connectivity index (χ2v) is 11.4. The second kappa shape index (κ2) is 14.1. The van der Waals surface area contributed by atoms with E-state index >= 15 is 0 Å². The number of nitro groups is 1. The van der Waals surface area contributed by atoms with Crippen molar-refractivity contribution in [2.75, 3.05) is 27.3 Å². The van der Waals surface area contributed by atoms with E-state index in [4.69, 9.17) is 9.47 Å². The number of amides is 1. The van der Waals surface area contributed by atoms with Crippen LogP contribution in [-0.4, -0.2) is 84.4 Å². The van der Waals surface area contributed by atoms with Crippen molar-refractivity contribution in [2.24, 2.45) is 0 Å². The molecule has 0 aromatic heterocycles. The number of methoxy groups -OCH3 is 2. The number of hydrogen-bond acceptors (Lipinski definition) is 10. The number of hydrogen-bond donors (Lipinski definition) is 4. The summed E-state index contributed by atoms with van der Waals surface area (Å²) in [6, 6.07) is 14.7. The Balaban J connectivity index is 1.94. The van der Waals surface area contributed by atoms with Crippen molar-refractivity contribution in [3.63, 3.8) is 0 Å². The van der Waals surface area contributed by atoms with Crippen molar-refractivity contribution in [1.82, 2.24) is 9.62 Å². The largest absolute Gasteiger partial charge is 0.502 e. The summed E-state index contributed by atoms with van der Waals surface area (Å²) in [6.07, 6.45) is -2.48. The molecule has 0 heterocycles. The second-order valence-electron chi connectivity index (χ2n) is 9.49. The van der Waals surface area contributed by atoms with E-state index in [0.717, 1.165) is 34.1 Å². The number of phenols is 1. The molecule has 0 aliphatic carbocycles. The molecule has 42 heavy (non-hydrogen) atoms. The Kier molecular flexibility index (Phi) is 10.8. The third-order valence-electron chi connectivity index (χ3n) is 6.37. The van der Waals surface area contributed by atoms with Crippen LogP contribution in [0.2, 0.25) is 0 Å². The summed E-state index contributed by atoms with van der Waals surface area (Å²) in [7, 11) is -1.71. The Morgan fingerprint density at radius 2 is 1.57 bits per heavy atom. The summed E-state index contributed by atoms with van der Waals surface area (Å²) < 4.78 is 38.1. The average Bonchev–Trinajstić information content (AvgIpc) is 2.96. The molecule has 0 aliphatic rings. The Morgan fingerprint density at radius 3 is 2.07 bits per heavy atom. The number of rotatable bonds is 14. The topological polar surface area (TPSA) is 189 Å². The summed E-state index contributed by atoms with van der Waals surface area (Å²) in [6.45, 7) is 0.457. The molecule has 0 aliphatic heterocycles. The van der Waals surface area contributed by atoms with Crippen molar-refractivity contribution in [1.29, 1.82) is 0 Å². The predicted octanol–water partition coefficient (Wildman–Crippen LogP) is 2.09. The molecule has 0 saturated heterocycles. The van der Waals surface area contributed by atoms with Crippen LogP contribution in [0.5, 0.6) is 17.2 Å². The maximum Gasteiger partial charge on any atom is 0.269 e. The van der Waals surface area contributed by atoms with Gasteiger partial charge in [-0.25, -0.2) is 8.42 Å². The first kappa shape index (κ1) is 32.3. The van der Waals surface area contributed by atoms with Crippen LogP contribution in [0.3, 0.4) is 0 Å². The maximum atomic E-state index is 13.5. The van der Waals surface area contributed by atoms with Crippen LogP contribution >= 0.6 is 0 Å². The lowest BCUT2D eigenvalue weighted by molar-refractivity contribution is -0.384. The van der Waals surface area contributed by atoms with Gasteiger partial charge in [0.2, 0.25) is 15.8 Å². The van der Waals surface area contributed by atoms with Gasteiger partial charge in [0.25, 0.3) is 11.6 Å². The Morgan fingerprint density at radius 1 is 1.00 bits per heavy atom. The first-order valence-corrected chi connectivity index (χ1v) is 14.2. The van der Waals surface area contributed by atoms with Crippen LogP contribution in [0.4, 0.5) is 5.69 Å². The molecule has 3 aromatic rings. The minimum absolute atomic E-state index is 0.0167. The smallest absolute Gasteiger partial charge is 0.269 e. The molecule has 0 radical (unpaired) electrons. The van der Waals surface area contributed by atoms with Gasteiger partial charge in [-0.2, -0.15) is 4.31 Å². The lowest BCUT2D eigenvalue weighted by Crippen LogP contribution is -2.51. The van der Waals surface area contributed by atoms with Gasteiger partial charge in [0.15, 0.2) is 11.5 Å². The first-order valence-electron chi connectivity index (χ1n) is 12.8. The number of aliphatic hydroxyl groups is 2. The number of ether oxygens (including phenoxy) is 2. The van der Waals surface area contributed by atoms with Gasteiger partial charge < -0.3 is 30.1 Å². The van der Waals surface area contributed by atoms with Gasteiger partial charge >= 0.3 is 0 Å². The van der Waals surface area contributed by atoms with Crippen molar-refractivity contribution in [2.45, 2.75) is 36.5 Å². The van der Waals surface area contributed by atoms with Crippen LogP contribution in [0.25, 0.3) is 0 Å². The summed E-state index contributed by atoms with van der Waals surface area (Å²) in [4.78, 5) is 23.4. The van der Waals surface area contributed by atoms with Crippen molar-refractivity contribution in [3.05, 3.63) is 88.0 Å². The van der Waals surface area contributed by atoms with E-state index in [1.165, 1.54) is 33.3 Å². The monoisotopic (exact) mass is 603 g/mol. The molecule has 1 amide bonds. The minimum Gasteiger partial charge on any atom is -0.502 e. The molecule has 226 valence electrons. The zero-order valence-electron chi connectivity index (χ0n) is 23.2. The number of nitrogens with zero attached hydrogens (tertiary/aromatic N) is 2. The lowest BCUT2D eigenvalue weighted by Gasteiger charge is -2.30. The average molecular weight is 604 g/mol. The van der Waals surface area contributed by atoms with E-state index in [-0.39, 0.29) is 39.8 Å². The molecular weight excluding hydrogens is 570 g/mol. The standard InChI is InChI=1S/C28H33N3O10S/c1-18(32)16-30(42(38,39)22-11-9-21(10-12-22)31(36)37)17-24(33)23(13-19-7-5-4-6-8-19)29-28(35)20-14-25(40-2)27(34)26(15-20)41-3/h4-12,14-15,18,23-24,32-34H,13,16-17H2,1-3H3,(H,29,35)/t18-,23-,24+/m0/s1. The zero-order chi connectivity index (χ0) is 31.0. The molecular formula is C28H33N3O10S. The molecule has 0 saturated carbocycles.